The smallest absolute Gasteiger partial charge is 0.361 e. The number of aromatic nitrogens is 1. The van der Waals surface area contributed by atoms with Crippen LogP contribution in [0.2, 0.25) is 0 Å². The average molecular weight is 594 g/mol. The molecule has 19 heteroatoms. The van der Waals surface area contributed by atoms with E-state index in [1.54, 1.807) is 13.0 Å². The Labute approximate surface area is 231 Å². The van der Waals surface area contributed by atoms with Crippen molar-refractivity contribution in [2.75, 3.05) is 22.1 Å². The van der Waals surface area contributed by atoms with Crippen LogP contribution >= 0.6 is 34.9 Å². The van der Waals surface area contributed by atoms with E-state index >= 15 is 0 Å². The zero-order valence-electron chi connectivity index (χ0n) is 19.8. The average Bonchev–Trinajstić information content (AvgIpc) is 3.54. The van der Waals surface area contributed by atoms with Gasteiger partial charge in [0.05, 0.1) is 11.2 Å². The number of carboxylic acids is 1. The Morgan fingerprint density at radius 2 is 2.18 bits per heavy atom. The Kier molecular flexibility index (Phi) is 7.07. The molecule has 4 amide bonds. The molecule has 1 aromatic heterocycles. The van der Waals surface area contributed by atoms with Crippen LogP contribution in [0.25, 0.3) is 0 Å². The number of nitrogens with two attached hydrogens (primary N) is 1. The summed E-state index contributed by atoms with van der Waals surface area (Å²) in [5.41, 5.74) is 10.8. The lowest BCUT2D eigenvalue weighted by molar-refractivity contribution is -0.149. The van der Waals surface area contributed by atoms with Gasteiger partial charge in [-0.3, -0.25) is 29.4 Å². The summed E-state index contributed by atoms with van der Waals surface area (Å²) in [6.45, 7) is 1.75. The number of amides is 4. The minimum atomic E-state index is -1.31. The summed E-state index contributed by atoms with van der Waals surface area (Å²) in [5.74, 6) is -2.14. The van der Waals surface area contributed by atoms with E-state index in [0.717, 1.165) is 26.1 Å². The van der Waals surface area contributed by atoms with Crippen molar-refractivity contribution in [2.24, 2.45) is 4.99 Å². The minimum Gasteiger partial charge on any atom is -0.477 e. The van der Waals surface area contributed by atoms with E-state index in [1.165, 1.54) is 45.6 Å². The van der Waals surface area contributed by atoms with Gasteiger partial charge in [-0.1, -0.05) is 0 Å². The number of hydrogen-bond donors (Lipinski definition) is 5. The molecule has 204 valence electrons. The number of aliphatic carboxylic acids is 1. The quantitative estimate of drug-likeness (QED) is 0.0916. The number of nitrogens with zero attached hydrogens (tertiary/aromatic N) is 6. The fourth-order valence-corrected chi connectivity index (χ4v) is 7.34. The number of β-lactam (4-membered cyclic amide) rings is 1. The monoisotopic (exact) mass is 593 g/mol. The maximum atomic E-state index is 13.3. The maximum Gasteiger partial charge on any atom is 0.361 e. The SMILES string of the molecule is CC1=NC2=CN(C(=O)NO)NN2C(SCC2=C(C(=O)O)N3C(=O)[C@@H](N(C(=O)C=O)c4csc(N)n4)[C@H]3SC2)=C1. The number of nitrogens with one attached hydrogen (secondary N) is 2. The van der Waals surface area contributed by atoms with Gasteiger partial charge in [-0.25, -0.2) is 35.1 Å². The second-order valence-corrected chi connectivity index (χ2v) is 11.2. The summed E-state index contributed by atoms with van der Waals surface area (Å²) in [7, 11) is 0. The zero-order chi connectivity index (χ0) is 28.0. The largest absolute Gasteiger partial charge is 0.477 e. The first-order chi connectivity index (χ1) is 18.6. The third-order valence-electron chi connectivity index (χ3n) is 5.83. The van der Waals surface area contributed by atoms with E-state index in [0.29, 0.717) is 22.1 Å². The number of allylic oxidation sites excluding steroid dienone is 1. The summed E-state index contributed by atoms with van der Waals surface area (Å²) in [6.07, 6.45) is 3.16. The number of carbonyl (C=O) groups excluding carboxylic acids is 4. The highest BCUT2D eigenvalue weighted by atomic mass is 32.2. The van der Waals surface area contributed by atoms with Crippen molar-refractivity contribution in [3.05, 3.63) is 39.8 Å². The van der Waals surface area contributed by atoms with Crippen LogP contribution in [0.1, 0.15) is 6.92 Å². The molecule has 4 aliphatic rings. The molecule has 0 aromatic carbocycles. The van der Waals surface area contributed by atoms with E-state index in [1.807, 2.05) is 0 Å². The molecule has 4 aliphatic heterocycles. The maximum absolute atomic E-state index is 13.3. The van der Waals surface area contributed by atoms with E-state index in [2.05, 4.69) is 15.5 Å². The summed E-state index contributed by atoms with van der Waals surface area (Å²) >= 11 is 3.54. The number of fused-ring (bicyclic) bond motifs is 2. The number of aliphatic imine (C=N–C) groups is 1. The summed E-state index contributed by atoms with van der Waals surface area (Å²) in [5, 5.41) is 22.8. The van der Waals surface area contributed by atoms with Crippen LogP contribution in [0.3, 0.4) is 0 Å². The van der Waals surface area contributed by atoms with Crippen LogP contribution in [-0.2, 0) is 19.2 Å². The number of hydrogen-bond acceptors (Lipinski definition) is 14. The van der Waals surface area contributed by atoms with Crippen molar-refractivity contribution in [3.8, 4) is 0 Å². The van der Waals surface area contributed by atoms with Crippen LogP contribution in [0, 0.1) is 0 Å². The molecule has 5 rings (SSSR count). The zero-order valence-corrected chi connectivity index (χ0v) is 22.2. The molecule has 0 aliphatic carbocycles. The van der Waals surface area contributed by atoms with Gasteiger partial charge in [0.25, 0.3) is 11.8 Å². The number of nitrogen functional groups attached to an aromatic ring is 1. The van der Waals surface area contributed by atoms with Crippen LogP contribution in [0.5, 0.6) is 0 Å². The summed E-state index contributed by atoms with van der Waals surface area (Å²) < 4.78 is 0. The fraction of sp³-hybridized carbons (Fsp3) is 0.250. The number of thiazole rings is 1. The summed E-state index contributed by atoms with van der Waals surface area (Å²) in [6, 6.07) is -1.96. The molecule has 0 spiro atoms. The predicted octanol–water partition coefficient (Wildman–Crippen LogP) is -0.136. The summed E-state index contributed by atoms with van der Waals surface area (Å²) in [4.78, 5) is 71.5. The first-order valence-corrected chi connectivity index (χ1v) is 13.9. The van der Waals surface area contributed by atoms with Crippen LogP contribution < -0.4 is 21.6 Å². The van der Waals surface area contributed by atoms with Crippen molar-refractivity contribution >= 4 is 81.6 Å². The molecule has 2 atom stereocenters. The van der Waals surface area contributed by atoms with E-state index in [-0.39, 0.29) is 34.4 Å². The van der Waals surface area contributed by atoms with Crippen molar-refractivity contribution in [1.82, 2.24) is 30.9 Å². The third kappa shape index (κ3) is 4.63. The van der Waals surface area contributed by atoms with Crippen molar-refractivity contribution < 1.29 is 34.3 Å². The Hall–Kier alpha value is -3.91. The van der Waals surface area contributed by atoms with Crippen LogP contribution in [-0.4, -0.2) is 88.9 Å². The molecule has 1 fully saturated rings. The van der Waals surface area contributed by atoms with Gasteiger partial charge in [-0.15, -0.1) is 40.4 Å². The second-order valence-electron chi connectivity index (χ2n) is 8.22. The Bertz CT molecular complexity index is 1420. The fourth-order valence-electron chi connectivity index (χ4n) is 4.20. The lowest BCUT2D eigenvalue weighted by Gasteiger charge is -2.52. The second kappa shape index (κ2) is 10.3. The molecule has 1 saturated heterocycles. The molecule has 16 nitrogen and oxygen atoms in total. The number of hydrazine groups is 2. The highest BCUT2D eigenvalue weighted by Gasteiger charge is 2.57. The highest BCUT2D eigenvalue weighted by molar-refractivity contribution is 8.03. The molecule has 6 N–H and O–H groups in total. The molecule has 0 unspecified atom stereocenters. The van der Waals surface area contributed by atoms with Crippen molar-refractivity contribution in [3.63, 3.8) is 0 Å². The van der Waals surface area contributed by atoms with Gasteiger partial charge in [0.15, 0.2) is 11.0 Å². The number of thioether (sulfide) groups is 2. The van der Waals surface area contributed by atoms with Gasteiger partial charge < -0.3 is 10.8 Å². The van der Waals surface area contributed by atoms with Gasteiger partial charge >= 0.3 is 12.0 Å². The van der Waals surface area contributed by atoms with E-state index < -0.39 is 35.2 Å². The number of carbonyl (C=O) groups is 5. The molecular weight excluding hydrogens is 574 g/mol. The van der Waals surface area contributed by atoms with Crippen molar-refractivity contribution in [2.45, 2.75) is 18.3 Å². The first kappa shape index (κ1) is 26.7. The number of aldehydes is 1. The third-order valence-corrected chi connectivity index (χ3v) is 8.90. The standard InChI is InChI=1S/C20H19N9O7S3/c1-8-2-13(29-10(22-8)3-26(25-29)20(35)24-36)37-5-9-6-38-17-15(16(32)28(17)14(9)18(33)34)27(12(31)4-30)11-7-39-19(21)23-11/h2-4,7,15,17,25,36H,5-6H2,1H3,(H2,21,23)(H,24,35)(H,33,34)/t15-,17-/m1/s1. The Balaban J connectivity index is 1.37. The van der Waals surface area contributed by atoms with E-state index in [4.69, 9.17) is 10.9 Å². The number of rotatable bonds is 7. The lowest BCUT2D eigenvalue weighted by atomic mass is 10.0. The molecule has 1 aromatic rings. The molecule has 0 bridgehead atoms. The van der Waals surface area contributed by atoms with Crippen LogP contribution in [0.15, 0.2) is 44.8 Å². The number of hydroxylamine groups is 1. The Morgan fingerprint density at radius 3 is 2.82 bits per heavy atom. The molecule has 0 radical (unpaired) electrons. The number of anilines is 2. The normalized spacial score (nSPS) is 21.8. The highest BCUT2D eigenvalue weighted by Crippen LogP contribution is 2.45. The molecule has 0 saturated carbocycles. The van der Waals surface area contributed by atoms with Crippen molar-refractivity contribution in [1.29, 1.82) is 0 Å². The van der Waals surface area contributed by atoms with E-state index in [9.17, 15) is 29.1 Å². The molecule has 39 heavy (non-hydrogen) atoms. The predicted molar refractivity (Wildman–Crippen MR) is 140 cm³/mol. The van der Waals surface area contributed by atoms with Gasteiger partial charge in [0, 0.05) is 22.6 Å². The first-order valence-electron chi connectivity index (χ1n) is 10.9. The number of urea groups is 1. The van der Waals surface area contributed by atoms with Gasteiger partial charge in [-0.05, 0) is 18.6 Å². The topological polar surface area (TPSA) is 214 Å². The van der Waals surface area contributed by atoms with Gasteiger partial charge in [-0.2, -0.15) is 0 Å². The number of carboxylic acid groups (broad SMARTS) is 1. The van der Waals surface area contributed by atoms with Crippen LogP contribution in [0.4, 0.5) is 15.7 Å². The Morgan fingerprint density at radius 1 is 1.41 bits per heavy atom. The van der Waals surface area contributed by atoms with Gasteiger partial charge in [0.2, 0.25) is 6.29 Å². The lowest BCUT2D eigenvalue weighted by Crippen LogP contribution is -2.72. The minimum absolute atomic E-state index is 0.0440. The molecule has 5 heterocycles. The van der Waals surface area contributed by atoms with Gasteiger partial charge in [0.1, 0.15) is 22.9 Å². The molecular formula is C20H19N9O7S3.